The molecule has 0 aliphatic heterocycles. The number of hydrogen-bond acceptors (Lipinski definition) is 5. The number of hydrogen-bond donors (Lipinski definition) is 2. The standard InChI is InChI=1S/C26H21N5O4/c1-16-2-4-17(5-3-16)13-27-23(32)20-10-11-22-21(12-20)24(33)30(26-29-28-15-31(22)26)14-18-6-8-19(9-7-18)25(34)35/h2-12,15H,13-14H2,1H3,(H,27,32)(H,34,35). The average Bonchev–Trinajstić information content (AvgIpc) is 3.36. The lowest BCUT2D eigenvalue weighted by Gasteiger charge is -2.12. The van der Waals surface area contributed by atoms with Gasteiger partial charge in [0.05, 0.1) is 23.0 Å². The average molecular weight is 467 g/mol. The molecular weight excluding hydrogens is 446 g/mol. The van der Waals surface area contributed by atoms with Crippen LogP contribution in [0.4, 0.5) is 0 Å². The molecule has 0 atom stereocenters. The molecule has 0 aliphatic rings. The number of carbonyl (C=O) groups is 2. The van der Waals surface area contributed by atoms with Crippen molar-refractivity contribution in [2.45, 2.75) is 20.0 Å². The molecule has 1 amide bonds. The summed E-state index contributed by atoms with van der Waals surface area (Å²) in [5, 5.41) is 20.4. The highest BCUT2D eigenvalue weighted by Crippen LogP contribution is 2.16. The third kappa shape index (κ3) is 4.26. The zero-order valence-electron chi connectivity index (χ0n) is 18.8. The molecule has 0 spiro atoms. The SMILES string of the molecule is Cc1ccc(CNC(=O)c2ccc3c(c2)c(=O)n(Cc2ccc(C(=O)O)cc2)c2nncn32)cc1. The monoisotopic (exact) mass is 467 g/mol. The highest BCUT2D eigenvalue weighted by Gasteiger charge is 2.16. The maximum atomic E-state index is 13.5. The van der Waals surface area contributed by atoms with E-state index in [1.807, 2.05) is 31.2 Å². The lowest BCUT2D eigenvalue weighted by atomic mass is 10.1. The van der Waals surface area contributed by atoms with Gasteiger partial charge in [-0.1, -0.05) is 42.0 Å². The quantitative estimate of drug-likeness (QED) is 0.396. The first-order valence-corrected chi connectivity index (χ1v) is 10.9. The predicted molar refractivity (Wildman–Crippen MR) is 130 cm³/mol. The van der Waals surface area contributed by atoms with E-state index in [-0.39, 0.29) is 23.6 Å². The van der Waals surface area contributed by atoms with Gasteiger partial charge >= 0.3 is 5.97 Å². The van der Waals surface area contributed by atoms with Crippen molar-refractivity contribution < 1.29 is 14.7 Å². The maximum absolute atomic E-state index is 13.5. The van der Waals surface area contributed by atoms with Crippen LogP contribution >= 0.6 is 0 Å². The van der Waals surface area contributed by atoms with Gasteiger partial charge in [-0.25, -0.2) is 4.79 Å². The molecule has 0 bridgehead atoms. The van der Waals surface area contributed by atoms with E-state index in [2.05, 4.69) is 15.5 Å². The zero-order chi connectivity index (χ0) is 24.5. The molecule has 5 aromatic rings. The number of aromatic carboxylic acids is 1. The molecule has 3 aromatic carbocycles. The van der Waals surface area contributed by atoms with Gasteiger partial charge in [0.2, 0.25) is 5.78 Å². The molecule has 0 fully saturated rings. The number of aryl methyl sites for hydroxylation is 1. The summed E-state index contributed by atoms with van der Waals surface area (Å²) in [4.78, 5) is 37.4. The Labute approximate surface area is 199 Å². The second-order valence-electron chi connectivity index (χ2n) is 8.29. The molecule has 9 heteroatoms. The van der Waals surface area contributed by atoms with Crippen LogP contribution < -0.4 is 10.9 Å². The van der Waals surface area contributed by atoms with Crippen LogP contribution in [0.1, 0.15) is 37.4 Å². The number of rotatable bonds is 6. The van der Waals surface area contributed by atoms with Gasteiger partial charge in [0.15, 0.2) is 0 Å². The van der Waals surface area contributed by atoms with Crippen molar-refractivity contribution in [3.05, 3.63) is 111 Å². The van der Waals surface area contributed by atoms with E-state index in [4.69, 9.17) is 5.11 Å². The molecular formula is C26H21N5O4. The lowest BCUT2D eigenvalue weighted by molar-refractivity contribution is 0.0696. The van der Waals surface area contributed by atoms with Crippen molar-refractivity contribution in [1.82, 2.24) is 24.5 Å². The minimum absolute atomic E-state index is 0.161. The van der Waals surface area contributed by atoms with E-state index in [1.54, 1.807) is 34.7 Å². The van der Waals surface area contributed by atoms with Gasteiger partial charge in [-0.05, 0) is 48.4 Å². The van der Waals surface area contributed by atoms with Crippen LogP contribution in [0.25, 0.3) is 16.7 Å². The first-order valence-electron chi connectivity index (χ1n) is 10.9. The van der Waals surface area contributed by atoms with Crippen LogP contribution in [-0.2, 0) is 13.1 Å². The first-order chi connectivity index (χ1) is 16.9. The van der Waals surface area contributed by atoms with Crippen molar-refractivity contribution in [2.75, 3.05) is 0 Å². The van der Waals surface area contributed by atoms with Crippen molar-refractivity contribution in [3.8, 4) is 0 Å². The number of benzene rings is 3. The Morgan fingerprint density at radius 2 is 1.63 bits per heavy atom. The van der Waals surface area contributed by atoms with E-state index in [0.717, 1.165) is 16.7 Å². The summed E-state index contributed by atoms with van der Waals surface area (Å²) < 4.78 is 3.15. The van der Waals surface area contributed by atoms with Gasteiger partial charge in [0.1, 0.15) is 6.33 Å². The summed E-state index contributed by atoms with van der Waals surface area (Å²) in [6.45, 7) is 2.54. The van der Waals surface area contributed by atoms with Crippen LogP contribution in [0.2, 0.25) is 0 Å². The van der Waals surface area contributed by atoms with Crippen molar-refractivity contribution in [3.63, 3.8) is 0 Å². The van der Waals surface area contributed by atoms with Gasteiger partial charge in [-0.15, -0.1) is 10.2 Å². The Bertz CT molecular complexity index is 1630. The summed E-state index contributed by atoms with van der Waals surface area (Å²) in [5.74, 6) is -0.958. The molecule has 0 radical (unpaired) electrons. The summed E-state index contributed by atoms with van der Waals surface area (Å²) in [6, 6.07) is 19.1. The molecule has 2 heterocycles. The molecule has 35 heavy (non-hydrogen) atoms. The van der Waals surface area contributed by atoms with Crippen molar-refractivity contribution in [2.24, 2.45) is 0 Å². The maximum Gasteiger partial charge on any atom is 0.335 e. The van der Waals surface area contributed by atoms with Gasteiger partial charge < -0.3 is 10.4 Å². The Morgan fingerprint density at radius 3 is 2.34 bits per heavy atom. The summed E-state index contributed by atoms with van der Waals surface area (Å²) in [7, 11) is 0. The van der Waals surface area contributed by atoms with E-state index >= 15 is 0 Å². The Kier molecular flexibility index (Phi) is 5.58. The largest absolute Gasteiger partial charge is 0.478 e. The second-order valence-corrected chi connectivity index (χ2v) is 8.29. The number of amides is 1. The summed E-state index contributed by atoms with van der Waals surface area (Å²) >= 11 is 0. The van der Waals surface area contributed by atoms with Crippen molar-refractivity contribution >= 4 is 28.6 Å². The molecule has 174 valence electrons. The number of aromatic nitrogens is 4. The summed E-state index contributed by atoms with van der Waals surface area (Å²) in [6.07, 6.45) is 1.51. The molecule has 2 aromatic heterocycles. The number of fused-ring (bicyclic) bond motifs is 3. The van der Waals surface area contributed by atoms with Gasteiger partial charge in [-0.2, -0.15) is 0 Å². The number of nitrogens with one attached hydrogen (secondary N) is 1. The van der Waals surface area contributed by atoms with E-state index in [1.165, 1.54) is 23.0 Å². The van der Waals surface area contributed by atoms with Crippen LogP contribution in [-0.4, -0.2) is 36.1 Å². The molecule has 0 saturated heterocycles. The summed E-state index contributed by atoms with van der Waals surface area (Å²) in [5.41, 5.74) is 3.64. The zero-order valence-corrected chi connectivity index (χ0v) is 18.8. The number of carbonyl (C=O) groups excluding carboxylic acids is 1. The minimum atomic E-state index is -1.02. The topological polar surface area (TPSA) is 119 Å². The van der Waals surface area contributed by atoms with Crippen LogP contribution in [0, 0.1) is 6.92 Å². The Morgan fingerprint density at radius 1 is 0.943 bits per heavy atom. The van der Waals surface area contributed by atoms with E-state index < -0.39 is 5.97 Å². The fourth-order valence-electron chi connectivity index (χ4n) is 3.95. The second kappa shape index (κ2) is 8.86. The number of carboxylic acid groups (broad SMARTS) is 1. The molecule has 0 saturated carbocycles. The van der Waals surface area contributed by atoms with Gasteiger partial charge in [0.25, 0.3) is 11.5 Å². The van der Waals surface area contributed by atoms with Crippen molar-refractivity contribution in [1.29, 1.82) is 0 Å². The molecule has 2 N–H and O–H groups in total. The first kappa shape index (κ1) is 22.0. The fraction of sp³-hybridized carbons (Fsp3) is 0.115. The number of nitrogens with zero attached hydrogens (tertiary/aromatic N) is 4. The third-order valence-electron chi connectivity index (χ3n) is 5.88. The Hall–Kier alpha value is -4.79. The Balaban J connectivity index is 1.49. The highest BCUT2D eigenvalue weighted by molar-refractivity contribution is 5.98. The van der Waals surface area contributed by atoms with Crippen LogP contribution in [0.3, 0.4) is 0 Å². The van der Waals surface area contributed by atoms with E-state index in [0.29, 0.717) is 28.8 Å². The molecule has 9 nitrogen and oxygen atoms in total. The molecule has 0 aliphatic carbocycles. The van der Waals surface area contributed by atoms with Crippen LogP contribution in [0.15, 0.2) is 77.9 Å². The highest BCUT2D eigenvalue weighted by atomic mass is 16.4. The normalized spacial score (nSPS) is 11.1. The number of carboxylic acids is 1. The smallest absolute Gasteiger partial charge is 0.335 e. The minimum Gasteiger partial charge on any atom is -0.478 e. The third-order valence-corrected chi connectivity index (χ3v) is 5.88. The van der Waals surface area contributed by atoms with Gasteiger partial charge in [-0.3, -0.25) is 18.6 Å². The molecule has 0 unspecified atom stereocenters. The fourth-order valence-corrected chi connectivity index (χ4v) is 3.95. The molecule has 5 rings (SSSR count). The van der Waals surface area contributed by atoms with Crippen LogP contribution in [0.5, 0.6) is 0 Å². The lowest BCUT2D eigenvalue weighted by Crippen LogP contribution is -2.25. The predicted octanol–water partition coefficient (Wildman–Crippen LogP) is 3.03. The van der Waals surface area contributed by atoms with E-state index in [9.17, 15) is 14.4 Å². The van der Waals surface area contributed by atoms with Gasteiger partial charge in [0, 0.05) is 12.1 Å².